The first-order valence-corrected chi connectivity index (χ1v) is 15.3. The number of para-hydroxylation sites is 1. The zero-order valence-electron chi connectivity index (χ0n) is 27.2. The molecule has 0 aliphatic heterocycles. The van der Waals surface area contributed by atoms with Gasteiger partial charge in [0, 0.05) is 56.7 Å². The molecule has 0 aliphatic carbocycles. The predicted octanol–water partition coefficient (Wildman–Crippen LogP) is 8.97. The molecule has 0 atom stereocenters. The molecule has 234 valence electrons. The Morgan fingerprint density at radius 3 is 2.37 bits per heavy atom. The number of aromatic nitrogens is 4. The molecule has 3 heterocycles. The van der Waals surface area contributed by atoms with Crippen molar-refractivity contribution < 1.29 is 30.4 Å². The van der Waals surface area contributed by atoms with Crippen LogP contribution < -0.4 is 9.30 Å². The normalized spacial score (nSPS) is 11.6. The van der Waals surface area contributed by atoms with Crippen LogP contribution in [0.4, 0.5) is 0 Å². The second kappa shape index (κ2) is 12.0. The number of rotatable bonds is 5. The molecule has 0 saturated carbocycles. The van der Waals surface area contributed by atoms with Gasteiger partial charge in [-0.2, -0.15) is 18.2 Å². The molecule has 5 nitrogen and oxygen atoms in total. The summed E-state index contributed by atoms with van der Waals surface area (Å²) < 4.78 is 12.6. The van der Waals surface area contributed by atoms with E-state index >= 15 is 0 Å². The summed E-state index contributed by atoms with van der Waals surface area (Å²) in [7, 11) is 0. The molecule has 0 N–H and O–H groups in total. The van der Waals surface area contributed by atoms with Gasteiger partial charge in [-0.15, -0.1) is 29.7 Å². The minimum atomic E-state index is 0. The summed E-state index contributed by atoms with van der Waals surface area (Å²) in [6.45, 7) is 15.3. The van der Waals surface area contributed by atoms with E-state index in [9.17, 15) is 0 Å². The van der Waals surface area contributed by atoms with Gasteiger partial charge in [0.05, 0.1) is 5.69 Å². The molecule has 7 rings (SSSR count). The van der Waals surface area contributed by atoms with Gasteiger partial charge in [-0.1, -0.05) is 50.6 Å². The Kier molecular flexibility index (Phi) is 8.25. The maximum Gasteiger partial charge on any atom is 0.267 e. The molecular formula is C40H36N4OPt-2. The first-order valence-electron chi connectivity index (χ1n) is 15.3. The van der Waals surface area contributed by atoms with Gasteiger partial charge in [0.2, 0.25) is 0 Å². The molecule has 6 heteroatoms. The van der Waals surface area contributed by atoms with Gasteiger partial charge in [-0.25, -0.2) is 4.98 Å². The topological polar surface area (TPSA) is 35.9 Å². The molecule has 0 aliphatic rings. The van der Waals surface area contributed by atoms with E-state index in [0.29, 0.717) is 11.5 Å². The standard InChI is InChI=1S/C40H36N4O.Pt/c1-26-21-27(2)39(29(4)28(26)3)43-20-19-42(25-43)31-11-10-12-32(23-31)45-33-15-16-35-34-13-8-9-14-36(34)44(37(35)24-33)38-22-30(17-18-41-38)40(5,6)7;/h8-22H,1-7H3;/q-2;. The third-order valence-electron chi connectivity index (χ3n) is 8.77. The van der Waals surface area contributed by atoms with Crippen molar-refractivity contribution in [2.24, 2.45) is 0 Å². The zero-order valence-corrected chi connectivity index (χ0v) is 29.4. The summed E-state index contributed by atoms with van der Waals surface area (Å²) in [5.41, 5.74) is 10.3. The number of hydrogen-bond donors (Lipinski definition) is 0. The number of hydrogen-bond acceptors (Lipinski definition) is 2. The van der Waals surface area contributed by atoms with Crippen molar-refractivity contribution >= 4 is 21.8 Å². The Hall–Kier alpha value is -4.47. The largest absolute Gasteiger partial charge is 0.510 e. The molecule has 3 aromatic heterocycles. The van der Waals surface area contributed by atoms with Crippen LogP contribution >= 0.6 is 0 Å². The Balaban J connectivity index is 0.00000372. The SMILES string of the molecule is Cc1cc(C)c(-[n+]2[c-]n(-c3[c-]c(Oc4[c-]c5c(cc4)c4ccccc4n5-c4cc(C(C)(C)C)ccn4)ccc3)cc2)c(C)c1C.[Pt]. The first kappa shape index (κ1) is 31.5. The number of benzene rings is 4. The van der Waals surface area contributed by atoms with Crippen LogP contribution in [0.5, 0.6) is 11.5 Å². The van der Waals surface area contributed by atoms with E-state index in [1.807, 2.05) is 47.4 Å². The summed E-state index contributed by atoms with van der Waals surface area (Å²) in [5.74, 6) is 2.08. The molecule has 7 aromatic rings. The van der Waals surface area contributed by atoms with Crippen LogP contribution in [0, 0.1) is 46.2 Å². The second-order valence-corrected chi connectivity index (χ2v) is 12.8. The van der Waals surface area contributed by atoms with E-state index in [2.05, 4.69) is 125 Å². The van der Waals surface area contributed by atoms with Gasteiger partial charge >= 0.3 is 0 Å². The average Bonchev–Trinajstić information content (AvgIpc) is 3.63. The van der Waals surface area contributed by atoms with E-state index < -0.39 is 0 Å². The van der Waals surface area contributed by atoms with Gasteiger partial charge in [0.15, 0.2) is 0 Å². The van der Waals surface area contributed by atoms with Gasteiger partial charge in [0.25, 0.3) is 6.33 Å². The van der Waals surface area contributed by atoms with Crippen LogP contribution in [-0.4, -0.2) is 14.1 Å². The summed E-state index contributed by atoms with van der Waals surface area (Å²) >= 11 is 0. The molecule has 0 radical (unpaired) electrons. The first-order chi connectivity index (χ1) is 21.6. The summed E-state index contributed by atoms with van der Waals surface area (Å²) in [4.78, 5) is 4.79. The van der Waals surface area contributed by atoms with Crippen molar-refractivity contribution in [2.45, 2.75) is 53.9 Å². The Bertz CT molecular complexity index is 2240. The van der Waals surface area contributed by atoms with Crippen LogP contribution in [0.3, 0.4) is 0 Å². The monoisotopic (exact) mass is 783 g/mol. The number of fused-ring (bicyclic) bond motifs is 3. The molecular weight excluding hydrogens is 748 g/mol. The third-order valence-corrected chi connectivity index (χ3v) is 8.77. The Morgan fingerprint density at radius 1 is 0.783 bits per heavy atom. The molecule has 0 amide bonds. The van der Waals surface area contributed by atoms with Crippen molar-refractivity contribution in [1.29, 1.82) is 0 Å². The van der Waals surface area contributed by atoms with Crippen molar-refractivity contribution in [2.75, 3.05) is 0 Å². The fourth-order valence-electron chi connectivity index (χ4n) is 6.15. The van der Waals surface area contributed by atoms with Gasteiger partial charge in [-0.05, 0) is 90.2 Å². The van der Waals surface area contributed by atoms with Gasteiger partial charge < -0.3 is 13.9 Å². The Morgan fingerprint density at radius 2 is 1.57 bits per heavy atom. The van der Waals surface area contributed by atoms with Crippen LogP contribution in [0.25, 0.3) is 39.0 Å². The molecule has 0 saturated heterocycles. The van der Waals surface area contributed by atoms with Crippen molar-refractivity contribution in [3.63, 3.8) is 0 Å². The van der Waals surface area contributed by atoms with Crippen molar-refractivity contribution in [1.82, 2.24) is 14.1 Å². The predicted molar refractivity (Wildman–Crippen MR) is 180 cm³/mol. The summed E-state index contributed by atoms with van der Waals surface area (Å²) in [6, 6.07) is 31.9. The molecule has 0 fully saturated rings. The van der Waals surface area contributed by atoms with Crippen molar-refractivity contribution in [3.8, 4) is 28.7 Å². The fraction of sp³-hybridized carbons (Fsp3) is 0.200. The molecule has 0 bridgehead atoms. The summed E-state index contributed by atoms with van der Waals surface area (Å²) in [5, 5.41) is 2.25. The Labute approximate surface area is 285 Å². The molecule has 0 spiro atoms. The summed E-state index contributed by atoms with van der Waals surface area (Å²) in [6.07, 6.45) is 9.40. The number of imidazole rings is 1. The zero-order chi connectivity index (χ0) is 31.5. The van der Waals surface area contributed by atoms with E-state index in [1.54, 1.807) is 0 Å². The maximum atomic E-state index is 6.39. The van der Waals surface area contributed by atoms with E-state index in [0.717, 1.165) is 39.0 Å². The minimum Gasteiger partial charge on any atom is -0.510 e. The average molecular weight is 784 g/mol. The van der Waals surface area contributed by atoms with Crippen LogP contribution in [-0.2, 0) is 26.5 Å². The van der Waals surface area contributed by atoms with Gasteiger partial charge in [-0.3, -0.25) is 4.57 Å². The van der Waals surface area contributed by atoms with Crippen molar-refractivity contribution in [3.05, 3.63) is 138 Å². The third kappa shape index (κ3) is 5.58. The number of nitrogens with zero attached hydrogens (tertiary/aromatic N) is 4. The van der Waals surface area contributed by atoms with Crippen LogP contribution in [0.2, 0.25) is 0 Å². The van der Waals surface area contributed by atoms with Gasteiger partial charge in [0.1, 0.15) is 5.82 Å². The second-order valence-electron chi connectivity index (χ2n) is 12.8. The number of pyridine rings is 1. The molecule has 0 unspecified atom stereocenters. The van der Waals surface area contributed by atoms with E-state index in [-0.39, 0.29) is 26.5 Å². The minimum absolute atomic E-state index is 0. The number of ether oxygens (including phenoxy) is 1. The van der Waals surface area contributed by atoms with Crippen LogP contribution in [0.15, 0.2) is 91.4 Å². The van der Waals surface area contributed by atoms with Crippen LogP contribution in [0.1, 0.15) is 48.6 Å². The quantitative estimate of drug-likeness (QED) is 0.129. The van der Waals surface area contributed by atoms with E-state index in [4.69, 9.17) is 9.72 Å². The fourth-order valence-corrected chi connectivity index (χ4v) is 6.15. The maximum absolute atomic E-state index is 6.39. The van der Waals surface area contributed by atoms with E-state index in [1.165, 1.54) is 27.8 Å². The smallest absolute Gasteiger partial charge is 0.267 e. The molecule has 4 aromatic carbocycles. The number of aryl methyl sites for hydroxylation is 2. The molecule has 46 heavy (non-hydrogen) atoms.